The highest BCUT2D eigenvalue weighted by Gasteiger charge is 2.39. The van der Waals surface area contributed by atoms with E-state index in [0.29, 0.717) is 0 Å². The summed E-state index contributed by atoms with van der Waals surface area (Å²) in [6.45, 7) is 8.73. The summed E-state index contributed by atoms with van der Waals surface area (Å²) in [6, 6.07) is 0. The van der Waals surface area contributed by atoms with Crippen molar-refractivity contribution in [3.63, 3.8) is 0 Å². The highest BCUT2D eigenvalue weighted by atomic mass is 127. The molecular formula is C17H34I2N2. The first kappa shape index (κ1) is 20.4. The Morgan fingerprint density at radius 3 is 1.86 bits per heavy atom. The van der Waals surface area contributed by atoms with Crippen molar-refractivity contribution >= 4 is 0 Å². The van der Waals surface area contributed by atoms with E-state index in [1.54, 1.807) is 6.42 Å². The molecule has 2 atom stereocenters. The van der Waals surface area contributed by atoms with Crippen LogP contribution in [-0.4, -0.2) is 62.3 Å². The number of hydrogen-bond acceptors (Lipinski definition) is 0. The number of nitrogens with zero attached hydrogens (tertiary/aromatic N) is 2. The first-order chi connectivity index (χ1) is 9.07. The fourth-order valence-corrected chi connectivity index (χ4v) is 5.39. The van der Waals surface area contributed by atoms with Crippen LogP contribution in [0.5, 0.6) is 0 Å². The summed E-state index contributed by atoms with van der Waals surface area (Å²) in [4.78, 5) is 0. The number of piperidine rings is 1. The van der Waals surface area contributed by atoms with Gasteiger partial charge in [0.15, 0.2) is 0 Å². The van der Waals surface area contributed by atoms with E-state index >= 15 is 0 Å². The molecular weight excluding hydrogens is 486 g/mol. The topological polar surface area (TPSA) is 0 Å². The van der Waals surface area contributed by atoms with E-state index < -0.39 is 0 Å². The zero-order valence-corrected chi connectivity index (χ0v) is 18.3. The van der Waals surface area contributed by atoms with Crippen molar-refractivity contribution in [3.05, 3.63) is 0 Å². The number of hydrogen-bond donors (Lipinski definition) is 0. The number of halogens is 2. The van der Waals surface area contributed by atoms with Crippen LogP contribution < -0.4 is 48.0 Å². The van der Waals surface area contributed by atoms with Crippen molar-refractivity contribution in [2.24, 2.45) is 11.8 Å². The maximum absolute atomic E-state index is 2.55. The van der Waals surface area contributed by atoms with Gasteiger partial charge >= 0.3 is 0 Å². The third-order valence-corrected chi connectivity index (χ3v) is 6.33. The highest BCUT2D eigenvalue weighted by Crippen LogP contribution is 2.37. The second kappa shape index (κ2) is 8.47. The van der Waals surface area contributed by atoms with Gasteiger partial charge in [-0.15, -0.1) is 0 Å². The van der Waals surface area contributed by atoms with Gasteiger partial charge in [-0.25, -0.2) is 0 Å². The molecule has 2 saturated heterocycles. The normalized spacial score (nSPS) is 37.4. The van der Waals surface area contributed by atoms with E-state index in [-0.39, 0.29) is 48.0 Å². The molecule has 0 amide bonds. The molecule has 126 valence electrons. The summed E-state index contributed by atoms with van der Waals surface area (Å²) < 4.78 is 2.77. The van der Waals surface area contributed by atoms with E-state index in [1.165, 1.54) is 86.8 Å². The average Bonchev–Trinajstić information content (AvgIpc) is 2.75. The molecule has 0 aromatic rings. The number of rotatable bonds is 4. The average molecular weight is 520 g/mol. The van der Waals surface area contributed by atoms with E-state index in [0.717, 1.165) is 11.8 Å². The lowest BCUT2D eigenvalue weighted by molar-refractivity contribution is -0.932. The molecule has 4 heteroatoms. The third-order valence-electron chi connectivity index (χ3n) is 6.33. The lowest BCUT2D eigenvalue weighted by Crippen LogP contribution is -3.00. The molecule has 0 aromatic carbocycles. The Hall–Kier alpha value is 1.38. The highest BCUT2D eigenvalue weighted by molar-refractivity contribution is 4.77. The largest absolute Gasteiger partial charge is 1.00 e. The van der Waals surface area contributed by atoms with Gasteiger partial charge in [-0.05, 0) is 19.3 Å². The SMILES string of the molecule is C[N+]1(CCC[N+]2(C)CC3CCCC(C3)C2)CCCC1.[I-].[I-]. The summed E-state index contributed by atoms with van der Waals surface area (Å²) >= 11 is 0. The molecule has 0 radical (unpaired) electrons. The second-order valence-corrected chi connectivity index (χ2v) is 8.46. The molecule has 3 aliphatic rings. The third kappa shape index (κ3) is 5.45. The lowest BCUT2D eigenvalue weighted by Gasteiger charge is -2.47. The Morgan fingerprint density at radius 1 is 0.762 bits per heavy atom. The molecule has 2 unspecified atom stereocenters. The van der Waals surface area contributed by atoms with Crippen molar-refractivity contribution in [1.82, 2.24) is 0 Å². The maximum Gasteiger partial charge on any atom is 0.0839 e. The summed E-state index contributed by atoms with van der Waals surface area (Å²) in [5.74, 6) is 2.13. The Kier molecular flexibility index (Phi) is 8.24. The van der Waals surface area contributed by atoms with Crippen molar-refractivity contribution in [3.8, 4) is 0 Å². The van der Waals surface area contributed by atoms with Gasteiger partial charge in [0.05, 0.1) is 53.4 Å². The molecule has 2 aliphatic heterocycles. The van der Waals surface area contributed by atoms with Gasteiger partial charge in [-0.1, -0.05) is 6.42 Å². The Morgan fingerprint density at radius 2 is 1.29 bits per heavy atom. The number of likely N-dealkylation sites (tertiary alicyclic amines) is 2. The molecule has 0 N–H and O–H groups in total. The van der Waals surface area contributed by atoms with Crippen LogP contribution in [0.1, 0.15) is 44.9 Å². The molecule has 3 fully saturated rings. The summed E-state index contributed by atoms with van der Waals surface area (Å²) in [5, 5.41) is 0. The van der Waals surface area contributed by atoms with Gasteiger partial charge in [-0.3, -0.25) is 0 Å². The van der Waals surface area contributed by atoms with Crippen LogP contribution in [0.2, 0.25) is 0 Å². The fourth-order valence-electron chi connectivity index (χ4n) is 5.39. The Bertz CT molecular complexity index is 304. The van der Waals surface area contributed by atoms with Crippen LogP contribution in [-0.2, 0) is 0 Å². The molecule has 0 spiro atoms. The monoisotopic (exact) mass is 520 g/mol. The van der Waals surface area contributed by atoms with Gasteiger partial charge in [0, 0.05) is 31.1 Å². The summed E-state index contributed by atoms with van der Waals surface area (Å²) in [5.41, 5.74) is 0. The van der Waals surface area contributed by atoms with Crippen LogP contribution in [0, 0.1) is 11.8 Å². The minimum absolute atomic E-state index is 0. The Balaban J connectivity index is 0.00000110. The van der Waals surface area contributed by atoms with Crippen molar-refractivity contribution in [2.75, 3.05) is 53.4 Å². The maximum atomic E-state index is 2.55. The van der Waals surface area contributed by atoms with Crippen LogP contribution in [0.25, 0.3) is 0 Å². The zero-order valence-electron chi connectivity index (χ0n) is 14.0. The molecule has 2 nitrogen and oxygen atoms in total. The number of quaternary nitrogens is 2. The molecule has 1 aliphatic carbocycles. The van der Waals surface area contributed by atoms with Gasteiger partial charge in [0.2, 0.25) is 0 Å². The van der Waals surface area contributed by atoms with Crippen molar-refractivity contribution < 1.29 is 56.9 Å². The Labute approximate surface area is 166 Å². The minimum Gasteiger partial charge on any atom is -1.00 e. The van der Waals surface area contributed by atoms with Gasteiger partial charge in [0.1, 0.15) is 0 Å². The standard InChI is InChI=1S/C17H34N2.2HI/c1-18(9-3-4-10-18)11-6-12-19(2)14-16-7-5-8-17(13-16)15-19;;/h16-17H,3-15H2,1-2H3;2*1H/q+2;;/p-2. The fraction of sp³-hybridized carbons (Fsp3) is 1.00. The molecule has 3 rings (SSSR count). The van der Waals surface area contributed by atoms with E-state index in [9.17, 15) is 0 Å². The van der Waals surface area contributed by atoms with E-state index in [2.05, 4.69) is 14.1 Å². The van der Waals surface area contributed by atoms with Crippen LogP contribution >= 0.6 is 0 Å². The lowest BCUT2D eigenvalue weighted by atomic mass is 9.77. The van der Waals surface area contributed by atoms with Crippen LogP contribution in [0.3, 0.4) is 0 Å². The summed E-state index contributed by atoms with van der Waals surface area (Å²) in [6.07, 6.45) is 10.5. The number of fused-ring (bicyclic) bond motifs is 2. The van der Waals surface area contributed by atoms with Crippen molar-refractivity contribution in [1.29, 1.82) is 0 Å². The second-order valence-electron chi connectivity index (χ2n) is 8.46. The first-order valence-electron chi connectivity index (χ1n) is 8.74. The van der Waals surface area contributed by atoms with Gasteiger partial charge in [0.25, 0.3) is 0 Å². The van der Waals surface area contributed by atoms with Gasteiger partial charge < -0.3 is 56.9 Å². The van der Waals surface area contributed by atoms with Crippen LogP contribution in [0.4, 0.5) is 0 Å². The quantitative estimate of drug-likeness (QED) is 0.272. The van der Waals surface area contributed by atoms with Crippen LogP contribution in [0.15, 0.2) is 0 Å². The molecule has 0 aromatic heterocycles. The molecule has 1 saturated carbocycles. The molecule has 2 bridgehead atoms. The first-order valence-corrected chi connectivity index (χ1v) is 8.74. The smallest absolute Gasteiger partial charge is 0.0839 e. The van der Waals surface area contributed by atoms with Gasteiger partial charge in [-0.2, -0.15) is 0 Å². The van der Waals surface area contributed by atoms with E-state index in [4.69, 9.17) is 0 Å². The molecule has 2 heterocycles. The predicted octanol–water partition coefficient (Wildman–Crippen LogP) is -3.11. The molecule has 21 heavy (non-hydrogen) atoms. The van der Waals surface area contributed by atoms with E-state index in [1.807, 2.05) is 0 Å². The van der Waals surface area contributed by atoms with Crippen molar-refractivity contribution in [2.45, 2.75) is 44.9 Å². The summed E-state index contributed by atoms with van der Waals surface area (Å²) in [7, 11) is 5.03. The minimum atomic E-state index is 0. The zero-order chi connectivity index (χ0) is 13.3. The predicted molar refractivity (Wildman–Crippen MR) is 80.9 cm³/mol.